The Bertz CT molecular complexity index is 412. The molecule has 1 aromatic heterocycles. The smallest absolute Gasteiger partial charge is 0.320 e. The van der Waals surface area contributed by atoms with E-state index in [1.54, 1.807) is 4.74 Å². The highest BCUT2D eigenvalue weighted by atomic mass is 32.1. The van der Waals surface area contributed by atoms with E-state index in [1.165, 1.54) is 0 Å². The minimum atomic E-state index is -0.962. The van der Waals surface area contributed by atoms with E-state index in [0.717, 1.165) is 18.7 Å². The average Bonchev–Trinajstić information content (AvgIpc) is 2.51. The molecule has 1 rings (SSSR count). The molecule has 0 aliphatic heterocycles. The summed E-state index contributed by atoms with van der Waals surface area (Å²) in [6.07, 6.45) is 1.98. The molecule has 0 bridgehead atoms. The van der Waals surface area contributed by atoms with Gasteiger partial charge in [0.25, 0.3) is 0 Å². The third-order valence-corrected chi connectivity index (χ3v) is 2.41. The largest absolute Gasteiger partial charge is 0.480 e. The number of nitrogens with two attached hydrogens (primary N) is 1. The lowest BCUT2D eigenvalue weighted by atomic mass is 10.1. The van der Waals surface area contributed by atoms with Gasteiger partial charge in [0.2, 0.25) is 0 Å². The molecule has 1 atom stereocenters. The lowest BCUT2D eigenvalue weighted by molar-refractivity contribution is -0.138. The molecule has 0 unspecified atom stereocenters. The zero-order valence-corrected chi connectivity index (χ0v) is 9.87. The van der Waals surface area contributed by atoms with Crippen molar-refractivity contribution in [2.24, 2.45) is 5.73 Å². The molecule has 0 saturated heterocycles. The quantitative estimate of drug-likeness (QED) is 0.575. The Kier molecular flexibility index (Phi) is 4.63. The van der Waals surface area contributed by atoms with E-state index in [1.807, 2.05) is 6.92 Å². The number of hydrogen-bond donors (Lipinski definition) is 2. The molecule has 3 N–H and O–H groups in total. The summed E-state index contributed by atoms with van der Waals surface area (Å²) in [5.41, 5.74) is 5.37. The maximum atomic E-state index is 10.4. The molecular formula is C9H15N3O3S. The number of carboxylic acid groups (broad SMARTS) is 1. The highest BCUT2D eigenvalue weighted by molar-refractivity contribution is 7.71. The van der Waals surface area contributed by atoms with Gasteiger partial charge in [-0.1, -0.05) is 0 Å². The van der Waals surface area contributed by atoms with Crippen molar-refractivity contribution in [3.8, 4) is 0 Å². The van der Waals surface area contributed by atoms with Gasteiger partial charge in [0.15, 0.2) is 0 Å². The highest BCUT2D eigenvalue weighted by Gasteiger charge is 2.10. The molecular weight excluding hydrogens is 230 g/mol. The van der Waals surface area contributed by atoms with Gasteiger partial charge in [0.05, 0.1) is 6.54 Å². The summed E-state index contributed by atoms with van der Waals surface area (Å²) in [5.74, 6) is -0.233. The lowest BCUT2D eigenvalue weighted by Gasteiger charge is -2.05. The molecule has 0 aromatic carbocycles. The molecule has 90 valence electrons. The van der Waals surface area contributed by atoms with Crippen LogP contribution in [0.2, 0.25) is 0 Å². The van der Waals surface area contributed by atoms with E-state index in [9.17, 15) is 4.79 Å². The van der Waals surface area contributed by atoms with Crippen LogP contribution in [0.5, 0.6) is 0 Å². The Morgan fingerprint density at radius 3 is 2.88 bits per heavy atom. The first-order valence-electron chi connectivity index (χ1n) is 5.04. The number of aromatic nitrogens is 2. The predicted octanol–water partition coefficient (Wildman–Crippen LogP) is 1.10. The normalized spacial score (nSPS) is 12.6. The maximum Gasteiger partial charge on any atom is 0.320 e. The molecule has 0 fully saturated rings. The van der Waals surface area contributed by atoms with Crippen LogP contribution in [0.4, 0.5) is 0 Å². The monoisotopic (exact) mass is 245 g/mol. The molecule has 0 saturated carbocycles. The zero-order valence-electron chi connectivity index (χ0n) is 9.05. The average molecular weight is 245 g/mol. The molecule has 0 aliphatic rings. The zero-order chi connectivity index (χ0) is 12.1. The maximum absolute atomic E-state index is 10.4. The summed E-state index contributed by atoms with van der Waals surface area (Å²) in [5, 5.41) is 8.57. The SMILES string of the molecule is Cc1nc(=S)on1CCCC[C@H](N)C(=O)O. The second-order valence-corrected chi connectivity index (χ2v) is 3.91. The topological polar surface area (TPSA) is 94.3 Å². The van der Waals surface area contributed by atoms with Crippen molar-refractivity contribution in [1.29, 1.82) is 0 Å². The number of aliphatic carboxylic acids is 1. The fraction of sp³-hybridized carbons (Fsp3) is 0.667. The fourth-order valence-electron chi connectivity index (χ4n) is 1.32. The summed E-state index contributed by atoms with van der Waals surface area (Å²) in [7, 11) is 0. The Balaban J connectivity index is 2.29. The third-order valence-electron chi connectivity index (χ3n) is 2.25. The van der Waals surface area contributed by atoms with Gasteiger partial charge in [0, 0.05) is 0 Å². The lowest BCUT2D eigenvalue weighted by Crippen LogP contribution is -2.29. The Labute approximate surface area is 98.0 Å². The van der Waals surface area contributed by atoms with E-state index in [2.05, 4.69) is 4.98 Å². The number of carboxylic acids is 1. The second-order valence-electron chi connectivity index (χ2n) is 3.56. The minimum absolute atomic E-state index is 0.222. The van der Waals surface area contributed by atoms with Crippen molar-refractivity contribution in [2.45, 2.75) is 38.8 Å². The number of nitrogens with zero attached hydrogens (tertiary/aromatic N) is 2. The first-order valence-corrected chi connectivity index (χ1v) is 5.44. The van der Waals surface area contributed by atoms with Crippen molar-refractivity contribution in [2.75, 3.05) is 0 Å². The molecule has 0 amide bonds. The molecule has 0 aliphatic carbocycles. The summed E-state index contributed by atoms with van der Waals surface area (Å²) < 4.78 is 6.75. The van der Waals surface area contributed by atoms with E-state index < -0.39 is 12.0 Å². The van der Waals surface area contributed by atoms with Gasteiger partial charge in [-0.3, -0.25) is 4.79 Å². The van der Waals surface area contributed by atoms with E-state index in [0.29, 0.717) is 13.0 Å². The second kappa shape index (κ2) is 5.76. The Hall–Kier alpha value is -1.21. The Morgan fingerprint density at radius 2 is 2.38 bits per heavy atom. The summed E-state index contributed by atoms with van der Waals surface area (Å²) in [6, 6.07) is -0.782. The molecule has 1 aromatic rings. The number of unbranched alkanes of at least 4 members (excludes halogenated alkanes) is 1. The van der Waals surface area contributed by atoms with Gasteiger partial charge in [-0.15, -0.1) is 0 Å². The number of carbonyl (C=O) groups is 1. The van der Waals surface area contributed by atoms with Crippen LogP contribution >= 0.6 is 12.2 Å². The van der Waals surface area contributed by atoms with Crippen LogP contribution in [0.15, 0.2) is 4.52 Å². The first kappa shape index (κ1) is 12.9. The molecule has 7 heteroatoms. The van der Waals surface area contributed by atoms with Crippen LogP contribution in [0.1, 0.15) is 25.1 Å². The van der Waals surface area contributed by atoms with Crippen LogP contribution in [-0.2, 0) is 11.3 Å². The molecule has 6 nitrogen and oxygen atoms in total. The fourth-order valence-corrected chi connectivity index (χ4v) is 1.54. The molecule has 1 heterocycles. The summed E-state index contributed by atoms with van der Waals surface area (Å²) in [6.45, 7) is 2.45. The van der Waals surface area contributed by atoms with Gasteiger partial charge in [-0.05, 0) is 38.4 Å². The number of hydrogen-bond acceptors (Lipinski definition) is 5. The van der Waals surface area contributed by atoms with E-state index in [4.69, 9.17) is 27.6 Å². The van der Waals surface area contributed by atoms with Crippen molar-refractivity contribution >= 4 is 18.2 Å². The van der Waals surface area contributed by atoms with E-state index in [-0.39, 0.29) is 4.84 Å². The van der Waals surface area contributed by atoms with E-state index >= 15 is 0 Å². The predicted molar refractivity (Wildman–Crippen MR) is 59.5 cm³/mol. The van der Waals surface area contributed by atoms with Gasteiger partial charge in [0.1, 0.15) is 11.9 Å². The van der Waals surface area contributed by atoms with Crippen LogP contribution < -0.4 is 5.73 Å². The molecule has 16 heavy (non-hydrogen) atoms. The van der Waals surface area contributed by atoms with Crippen LogP contribution in [-0.4, -0.2) is 26.8 Å². The van der Waals surface area contributed by atoms with Gasteiger partial charge < -0.3 is 15.4 Å². The van der Waals surface area contributed by atoms with Crippen molar-refractivity contribution in [1.82, 2.24) is 9.72 Å². The minimum Gasteiger partial charge on any atom is -0.480 e. The standard InChI is InChI=1S/C9H15N3O3S/c1-6-11-9(16)15-12(6)5-3-2-4-7(10)8(13)14/h7H,2-5,10H2,1H3,(H,13,14)/t7-/m0/s1. The van der Waals surface area contributed by atoms with Crippen LogP contribution in [0, 0.1) is 11.8 Å². The number of aryl methyl sites for hydroxylation is 2. The van der Waals surface area contributed by atoms with Crippen LogP contribution in [0.3, 0.4) is 0 Å². The Morgan fingerprint density at radius 1 is 1.69 bits per heavy atom. The van der Waals surface area contributed by atoms with Gasteiger partial charge in [-0.2, -0.15) is 9.72 Å². The van der Waals surface area contributed by atoms with Gasteiger partial charge in [-0.25, -0.2) is 0 Å². The first-order chi connectivity index (χ1) is 7.50. The summed E-state index contributed by atoms with van der Waals surface area (Å²) in [4.78, 5) is 14.6. The summed E-state index contributed by atoms with van der Waals surface area (Å²) >= 11 is 4.78. The van der Waals surface area contributed by atoms with Gasteiger partial charge >= 0.3 is 10.8 Å². The van der Waals surface area contributed by atoms with Crippen molar-refractivity contribution in [3.05, 3.63) is 10.7 Å². The molecule has 0 radical (unpaired) electrons. The number of rotatable bonds is 6. The van der Waals surface area contributed by atoms with Crippen molar-refractivity contribution < 1.29 is 14.4 Å². The van der Waals surface area contributed by atoms with Crippen LogP contribution in [0.25, 0.3) is 0 Å². The third kappa shape index (κ3) is 3.74. The molecule has 0 spiro atoms. The van der Waals surface area contributed by atoms with Crippen molar-refractivity contribution in [3.63, 3.8) is 0 Å². The highest BCUT2D eigenvalue weighted by Crippen LogP contribution is 2.04.